The molecule has 0 spiro atoms. The van der Waals surface area contributed by atoms with E-state index in [1.165, 1.54) is 15.7 Å². The Morgan fingerprint density at radius 1 is 1.40 bits per heavy atom. The van der Waals surface area contributed by atoms with E-state index in [1.807, 2.05) is 6.92 Å². The molecular weight excluding hydrogens is 484 g/mol. The van der Waals surface area contributed by atoms with Crippen LogP contribution < -0.4 is 10.7 Å². The van der Waals surface area contributed by atoms with E-state index in [0.717, 1.165) is 18.6 Å². The molecule has 35 heavy (non-hydrogen) atoms. The Labute approximate surface area is 205 Å². The smallest absolute Gasteiger partial charge is 0.275 e. The molecule has 2 atom stereocenters. The van der Waals surface area contributed by atoms with Crippen LogP contribution >= 0.6 is 11.6 Å². The van der Waals surface area contributed by atoms with E-state index in [4.69, 9.17) is 16.3 Å². The Hall–Kier alpha value is -3.24. The minimum atomic E-state index is -1.05. The van der Waals surface area contributed by atoms with Gasteiger partial charge in [-0.1, -0.05) is 30.7 Å². The van der Waals surface area contributed by atoms with E-state index in [2.05, 4.69) is 11.9 Å². The van der Waals surface area contributed by atoms with Crippen LogP contribution in [0.25, 0.3) is 0 Å². The van der Waals surface area contributed by atoms with Crippen molar-refractivity contribution in [1.82, 2.24) is 14.8 Å². The van der Waals surface area contributed by atoms with Crippen LogP contribution in [0, 0.1) is 11.6 Å². The number of fused-ring (bicyclic) bond motifs is 1. The molecule has 2 heterocycles. The third kappa shape index (κ3) is 5.23. The average molecular weight is 510 g/mol. The van der Waals surface area contributed by atoms with Crippen LogP contribution in [0.5, 0.6) is 5.75 Å². The van der Waals surface area contributed by atoms with Crippen molar-refractivity contribution in [2.45, 2.75) is 45.4 Å². The van der Waals surface area contributed by atoms with Gasteiger partial charge in [-0.05, 0) is 19.4 Å². The summed E-state index contributed by atoms with van der Waals surface area (Å²) in [5, 5.41) is 12.2. The standard InChI is InChI=1S/C24H26ClF2N3O5/c1-4-8-35-12-15(5-2)30-13(3)10-29-11-16(21(31)22(32)20(29)24(30)34)23(33)28-9-14-6-7-17(26)18(25)19(14)27/h5-7,11,13,15,32H,2,4,8-10,12H2,1,3H3,(H,28,33)/t13-,15+/m0/s1. The molecule has 188 valence electrons. The number of aromatic hydroxyl groups is 1. The number of carbonyl (C=O) groups is 2. The molecule has 0 bridgehead atoms. The zero-order valence-corrected chi connectivity index (χ0v) is 20.1. The van der Waals surface area contributed by atoms with E-state index in [0.29, 0.717) is 6.61 Å². The van der Waals surface area contributed by atoms with Crippen LogP contribution in [-0.4, -0.2) is 51.7 Å². The Morgan fingerprint density at radius 2 is 2.11 bits per heavy atom. The first-order chi connectivity index (χ1) is 16.6. The Bertz CT molecular complexity index is 1220. The lowest BCUT2D eigenvalue weighted by atomic mass is 10.1. The van der Waals surface area contributed by atoms with Gasteiger partial charge < -0.3 is 24.6 Å². The van der Waals surface area contributed by atoms with E-state index < -0.39 is 51.3 Å². The number of hydrogen-bond acceptors (Lipinski definition) is 5. The third-order valence-corrected chi connectivity index (χ3v) is 6.04. The molecule has 11 heteroatoms. The van der Waals surface area contributed by atoms with E-state index in [9.17, 15) is 28.3 Å². The van der Waals surface area contributed by atoms with Crippen LogP contribution in [0.4, 0.5) is 8.78 Å². The number of amides is 2. The topological polar surface area (TPSA) is 101 Å². The average Bonchev–Trinajstić information content (AvgIpc) is 2.82. The minimum absolute atomic E-state index is 0.0905. The van der Waals surface area contributed by atoms with Gasteiger partial charge in [0, 0.05) is 37.5 Å². The van der Waals surface area contributed by atoms with Gasteiger partial charge in [-0.2, -0.15) is 0 Å². The van der Waals surface area contributed by atoms with Gasteiger partial charge in [0.05, 0.1) is 12.6 Å². The maximum Gasteiger partial charge on any atom is 0.275 e. The van der Waals surface area contributed by atoms with Crippen molar-refractivity contribution in [1.29, 1.82) is 0 Å². The number of pyridine rings is 1. The fourth-order valence-corrected chi connectivity index (χ4v) is 4.12. The van der Waals surface area contributed by atoms with Gasteiger partial charge >= 0.3 is 0 Å². The van der Waals surface area contributed by atoms with Gasteiger partial charge in [-0.25, -0.2) is 8.78 Å². The predicted molar refractivity (Wildman–Crippen MR) is 126 cm³/mol. The monoisotopic (exact) mass is 509 g/mol. The van der Waals surface area contributed by atoms with Crippen LogP contribution in [0.1, 0.15) is 46.7 Å². The zero-order valence-electron chi connectivity index (χ0n) is 19.3. The number of ether oxygens (including phenoxy) is 1. The molecule has 1 aliphatic rings. The van der Waals surface area contributed by atoms with Crippen LogP contribution in [-0.2, 0) is 17.8 Å². The second kappa shape index (κ2) is 11.0. The van der Waals surface area contributed by atoms with Crippen molar-refractivity contribution >= 4 is 23.4 Å². The number of hydrogen-bond donors (Lipinski definition) is 2. The van der Waals surface area contributed by atoms with Gasteiger partial charge in [-0.15, -0.1) is 6.58 Å². The summed E-state index contributed by atoms with van der Waals surface area (Å²) >= 11 is 5.55. The van der Waals surface area contributed by atoms with Crippen molar-refractivity contribution in [2.24, 2.45) is 0 Å². The lowest BCUT2D eigenvalue weighted by molar-refractivity contribution is 0.0331. The molecule has 0 unspecified atom stereocenters. The predicted octanol–water partition coefficient (Wildman–Crippen LogP) is 3.24. The molecule has 2 aromatic rings. The van der Waals surface area contributed by atoms with E-state index >= 15 is 0 Å². The minimum Gasteiger partial charge on any atom is -0.503 e. The number of aromatic nitrogens is 1. The molecule has 1 aromatic carbocycles. The van der Waals surface area contributed by atoms with Gasteiger partial charge in [0.15, 0.2) is 11.4 Å². The molecule has 3 rings (SSSR count). The molecule has 1 aliphatic heterocycles. The fourth-order valence-electron chi connectivity index (χ4n) is 3.94. The summed E-state index contributed by atoms with van der Waals surface area (Å²) in [7, 11) is 0. The lowest BCUT2D eigenvalue weighted by Gasteiger charge is -2.40. The van der Waals surface area contributed by atoms with Crippen LogP contribution in [0.2, 0.25) is 5.02 Å². The molecular formula is C24H26ClF2N3O5. The number of rotatable bonds is 9. The highest BCUT2D eigenvalue weighted by atomic mass is 35.5. The Morgan fingerprint density at radius 3 is 2.77 bits per heavy atom. The first-order valence-electron chi connectivity index (χ1n) is 11.0. The van der Waals surface area contributed by atoms with Crippen molar-refractivity contribution < 1.29 is 28.2 Å². The zero-order chi connectivity index (χ0) is 25.9. The quantitative estimate of drug-likeness (QED) is 0.307. The van der Waals surface area contributed by atoms with Gasteiger partial charge in [-0.3, -0.25) is 14.4 Å². The number of halogens is 3. The molecule has 2 N–H and O–H groups in total. The van der Waals surface area contributed by atoms with E-state index in [-0.39, 0.29) is 37.0 Å². The normalized spacial score (nSPS) is 16.1. The number of nitrogens with zero attached hydrogens (tertiary/aromatic N) is 2. The summed E-state index contributed by atoms with van der Waals surface area (Å²) in [5.41, 5.74) is -1.82. The van der Waals surface area contributed by atoms with Gasteiger partial charge in [0.2, 0.25) is 5.43 Å². The van der Waals surface area contributed by atoms with Crippen LogP contribution in [0.15, 0.2) is 35.8 Å². The second-order valence-corrected chi connectivity index (χ2v) is 8.56. The molecule has 0 aliphatic carbocycles. The summed E-state index contributed by atoms with van der Waals surface area (Å²) in [6.07, 6.45) is 3.55. The summed E-state index contributed by atoms with van der Waals surface area (Å²) in [5.74, 6) is -4.34. The third-order valence-electron chi connectivity index (χ3n) is 5.69. The van der Waals surface area contributed by atoms with Crippen molar-refractivity contribution in [2.75, 3.05) is 13.2 Å². The molecule has 1 aromatic heterocycles. The van der Waals surface area contributed by atoms with Crippen LogP contribution in [0.3, 0.4) is 0 Å². The van der Waals surface area contributed by atoms with Gasteiger partial charge in [0.1, 0.15) is 22.2 Å². The van der Waals surface area contributed by atoms with Crippen molar-refractivity contribution in [3.63, 3.8) is 0 Å². The maximum absolute atomic E-state index is 14.1. The molecule has 0 fully saturated rings. The van der Waals surface area contributed by atoms with Crippen molar-refractivity contribution in [3.8, 4) is 5.75 Å². The fraction of sp³-hybridized carbons (Fsp3) is 0.375. The first kappa shape index (κ1) is 26.4. The molecule has 0 saturated heterocycles. The Kier molecular flexibility index (Phi) is 8.29. The summed E-state index contributed by atoms with van der Waals surface area (Å²) in [6.45, 7) is 8.04. The number of carbonyl (C=O) groups excluding carboxylic acids is 2. The number of benzene rings is 1. The number of nitrogens with one attached hydrogen (secondary N) is 1. The highest BCUT2D eigenvalue weighted by molar-refractivity contribution is 6.30. The highest BCUT2D eigenvalue weighted by Crippen LogP contribution is 2.26. The molecule has 0 radical (unpaired) electrons. The largest absolute Gasteiger partial charge is 0.503 e. The van der Waals surface area contributed by atoms with E-state index in [1.54, 1.807) is 13.0 Å². The SMILES string of the molecule is C=C[C@H](COCCC)N1C(=O)c2c(O)c(=O)c(C(=O)NCc3ccc(F)c(Cl)c3F)cn2C[C@@H]1C. The molecule has 8 nitrogen and oxygen atoms in total. The highest BCUT2D eigenvalue weighted by Gasteiger charge is 2.37. The molecule has 2 amide bonds. The molecule has 0 saturated carbocycles. The summed E-state index contributed by atoms with van der Waals surface area (Å²) in [4.78, 5) is 40.2. The maximum atomic E-state index is 14.1. The second-order valence-electron chi connectivity index (χ2n) is 8.18. The van der Waals surface area contributed by atoms with Crippen molar-refractivity contribution in [3.05, 3.63) is 74.7 Å². The summed E-state index contributed by atoms with van der Waals surface area (Å²) in [6, 6.07) is 1.22. The Balaban J connectivity index is 1.87. The lowest BCUT2D eigenvalue weighted by Crippen LogP contribution is -2.53. The van der Waals surface area contributed by atoms with Gasteiger partial charge in [0.25, 0.3) is 11.8 Å². The summed E-state index contributed by atoms with van der Waals surface area (Å²) < 4.78 is 34.4. The first-order valence-corrected chi connectivity index (χ1v) is 11.4.